The Hall–Kier alpha value is -3.73. The summed E-state index contributed by atoms with van der Waals surface area (Å²) in [6.45, 7) is -0.297. The molecule has 0 bridgehead atoms. The second-order valence-electron chi connectivity index (χ2n) is 6.84. The highest BCUT2D eigenvalue weighted by atomic mass is 16.5. The van der Waals surface area contributed by atoms with Crippen LogP contribution in [-0.4, -0.2) is 29.2 Å². The Kier molecular flexibility index (Phi) is 5.20. The monoisotopic (exact) mass is 385 g/mol. The fourth-order valence-corrected chi connectivity index (χ4v) is 3.32. The van der Waals surface area contributed by atoms with Crippen molar-refractivity contribution in [1.82, 2.24) is 4.90 Å². The number of rotatable bonds is 5. The molecule has 2 amide bonds. The van der Waals surface area contributed by atoms with Gasteiger partial charge in [0.15, 0.2) is 0 Å². The molecule has 0 spiro atoms. The van der Waals surface area contributed by atoms with E-state index in [1.165, 1.54) is 0 Å². The van der Waals surface area contributed by atoms with E-state index < -0.39 is 17.8 Å². The van der Waals surface area contributed by atoms with E-state index in [4.69, 9.17) is 4.74 Å². The molecule has 29 heavy (non-hydrogen) atoms. The maximum absolute atomic E-state index is 12.5. The normalized spacial score (nSPS) is 13.2. The molecule has 144 valence electrons. The quantitative estimate of drug-likeness (QED) is 0.497. The van der Waals surface area contributed by atoms with Gasteiger partial charge in [-0.1, -0.05) is 72.8 Å². The van der Waals surface area contributed by atoms with Crippen LogP contribution in [0.3, 0.4) is 0 Å². The van der Waals surface area contributed by atoms with Crippen LogP contribution in [0.4, 0.5) is 0 Å². The second kappa shape index (κ2) is 8.10. The van der Waals surface area contributed by atoms with Crippen molar-refractivity contribution in [3.8, 4) is 11.1 Å². The Morgan fingerprint density at radius 1 is 0.828 bits per heavy atom. The Balaban J connectivity index is 1.36. The number of carbonyl (C=O) groups is 3. The minimum absolute atomic E-state index is 0.0840. The Bertz CT molecular complexity index is 1060. The Morgan fingerprint density at radius 3 is 2.24 bits per heavy atom. The first-order valence-corrected chi connectivity index (χ1v) is 9.34. The average Bonchev–Trinajstić information content (AvgIpc) is 2.76. The topological polar surface area (TPSA) is 63.7 Å². The molecule has 0 aliphatic carbocycles. The number of hydrogen-bond donors (Lipinski definition) is 0. The summed E-state index contributed by atoms with van der Waals surface area (Å²) >= 11 is 0. The van der Waals surface area contributed by atoms with Gasteiger partial charge in [-0.3, -0.25) is 19.3 Å². The predicted octanol–water partition coefficient (Wildman–Crippen LogP) is 3.62. The molecule has 0 atom stereocenters. The first-order chi connectivity index (χ1) is 14.1. The molecule has 4 rings (SSSR count). The van der Waals surface area contributed by atoms with Crippen molar-refractivity contribution in [2.75, 3.05) is 6.54 Å². The molecular formula is C24H19NO4. The van der Waals surface area contributed by atoms with Gasteiger partial charge in [-0.15, -0.1) is 0 Å². The summed E-state index contributed by atoms with van der Waals surface area (Å²) in [5.41, 5.74) is 4.16. The molecule has 1 heterocycles. The van der Waals surface area contributed by atoms with Gasteiger partial charge in [0.05, 0.1) is 6.42 Å². The summed E-state index contributed by atoms with van der Waals surface area (Å²) in [5.74, 6) is -1.46. The standard InChI is InChI=1S/C24H19NO4/c26-22-14-20-8-4-5-9-21(20)24(28)25(22)15-23(27)29-16-17-10-12-19(13-11-17)18-6-2-1-3-7-18/h1-13H,14-16H2. The summed E-state index contributed by atoms with van der Waals surface area (Å²) < 4.78 is 5.28. The summed E-state index contributed by atoms with van der Waals surface area (Å²) in [5, 5.41) is 0. The zero-order chi connectivity index (χ0) is 20.2. The van der Waals surface area contributed by atoms with Crippen LogP contribution in [0.1, 0.15) is 21.5 Å². The second-order valence-corrected chi connectivity index (χ2v) is 6.84. The number of esters is 1. The third-order valence-electron chi connectivity index (χ3n) is 4.88. The number of hydrogen-bond acceptors (Lipinski definition) is 4. The average molecular weight is 385 g/mol. The van der Waals surface area contributed by atoms with Crippen LogP contribution in [0, 0.1) is 0 Å². The number of nitrogens with zero attached hydrogens (tertiary/aromatic N) is 1. The molecule has 0 unspecified atom stereocenters. The van der Waals surface area contributed by atoms with Crippen molar-refractivity contribution in [1.29, 1.82) is 0 Å². The fourth-order valence-electron chi connectivity index (χ4n) is 3.32. The first-order valence-electron chi connectivity index (χ1n) is 9.34. The highest BCUT2D eigenvalue weighted by Gasteiger charge is 2.32. The van der Waals surface area contributed by atoms with Crippen molar-refractivity contribution < 1.29 is 19.1 Å². The molecule has 1 aliphatic heterocycles. The van der Waals surface area contributed by atoms with Crippen LogP contribution in [0.15, 0.2) is 78.9 Å². The van der Waals surface area contributed by atoms with E-state index in [-0.39, 0.29) is 19.6 Å². The lowest BCUT2D eigenvalue weighted by Gasteiger charge is -2.25. The SMILES string of the molecule is O=C(CN1C(=O)Cc2ccccc2C1=O)OCc1ccc(-c2ccccc2)cc1. The van der Waals surface area contributed by atoms with E-state index in [2.05, 4.69) is 0 Å². The van der Waals surface area contributed by atoms with Crippen LogP contribution in [0.2, 0.25) is 0 Å². The van der Waals surface area contributed by atoms with E-state index in [9.17, 15) is 14.4 Å². The lowest BCUT2D eigenvalue weighted by atomic mass is 9.98. The van der Waals surface area contributed by atoms with Crippen molar-refractivity contribution in [3.05, 3.63) is 95.6 Å². The van der Waals surface area contributed by atoms with Crippen molar-refractivity contribution in [2.24, 2.45) is 0 Å². The van der Waals surface area contributed by atoms with Crippen molar-refractivity contribution in [2.45, 2.75) is 13.0 Å². The number of fused-ring (bicyclic) bond motifs is 1. The maximum atomic E-state index is 12.5. The summed E-state index contributed by atoms with van der Waals surface area (Å²) in [6, 6.07) is 24.6. The zero-order valence-corrected chi connectivity index (χ0v) is 15.7. The van der Waals surface area contributed by atoms with E-state index in [1.807, 2.05) is 54.6 Å². The van der Waals surface area contributed by atoms with Crippen LogP contribution in [0.5, 0.6) is 0 Å². The van der Waals surface area contributed by atoms with Gasteiger partial charge in [-0.25, -0.2) is 0 Å². The number of imide groups is 1. The molecule has 0 fully saturated rings. The minimum atomic E-state index is -0.613. The summed E-state index contributed by atoms with van der Waals surface area (Å²) in [4.78, 5) is 37.9. The molecule has 0 radical (unpaired) electrons. The maximum Gasteiger partial charge on any atom is 0.326 e. The lowest BCUT2D eigenvalue weighted by Crippen LogP contribution is -2.45. The molecular weight excluding hydrogens is 366 g/mol. The van der Waals surface area contributed by atoms with Gasteiger partial charge in [0.2, 0.25) is 5.91 Å². The predicted molar refractivity (Wildman–Crippen MR) is 108 cm³/mol. The number of benzene rings is 3. The van der Waals surface area contributed by atoms with Gasteiger partial charge in [0, 0.05) is 5.56 Å². The Labute approximate surface area is 168 Å². The smallest absolute Gasteiger partial charge is 0.326 e. The Morgan fingerprint density at radius 2 is 1.48 bits per heavy atom. The van der Waals surface area contributed by atoms with E-state index in [1.54, 1.807) is 24.3 Å². The van der Waals surface area contributed by atoms with Crippen LogP contribution < -0.4 is 0 Å². The van der Waals surface area contributed by atoms with Crippen molar-refractivity contribution >= 4 is 17.8 Å². The van der Waals surface area contributed by atoms with Gasteiger partial charge >= 0.3 is 5.97 Å². The first kappa shape index (κ1) is 18.6. The van der Waals surface area contributed by atoms with Gasteiger partial charge in [-0.2, -0.15) is 0 Å². The molecule has 3 aromatic rings. The molecule has 5 nitrogen and oxygen atoms in total. The van der Waals surface area contributed by atoms with Gasteiger partial charge < -0.3 is 4.74 Å². The van der Waals surface area contributed by atoms with Crippen LogP contribution >= 0.6 is 0 Å². The van der Waals surface area contributed by atoms with Crippen molar-refractivity contribution in [3.63, 3.8) is 0 Å². The molecule has 5 heteroatoms. The fraction of sp³-hybridized carbons (Fsp3) is 0.125. The third kappa shape index (κ3) is 4.09. The number of carbonyl (C=O) groups excluding carboxylic acids is 3. The molecule has 1 aliphatic rings. The van der Waals surface area contributed by atoms with E-state index in [0.29, 0.717) is 11.1 Å². The van der Waals surface area contributed by atoms with Crippen LogP contribution in [0.25, 0.3) is 11.1 Å². The number of ether oxygens (including phenoxy) is 1. The van der Waals surface area contributed by atoms with E-state index in [0.717, 1.165) is 21.6 Å². The van der Waals surface area contributed by atoms with Crippen LogP contribution in [-0.2, 0) is 27.4 Å². The van der Waals surface area contributed by atoms with E-state index >= 15 is 0 Å². The molecule has 0 saturated carbocycles. The third-order valence-corrected chi connectivity index (χ3v) is 4.88. The van der Waals surface area contributed by atoms with Gasteiger partial charge in [-0.05, 0) is 28.3 Å². The highest BCUT2D eigenvalue weighted by Crippen LogP contribution is 2.21. The molecule has 0 saturated heterocycles. The highest BCUT2D eigenvalue weighted by molar-refractivity contribution is 6.11. The number of amides is 2. The zero-order valence-electron chi connectivity index (χ0n) is 15.7. The summed E-state index contributed by atoms with van der Waals surface area (Å²) in [7, 11) is 0. The molecule has 3 aromatic carbocycles. The lowest BCUT2D eigenvalue weighted by molar-refractivity contribution is -0.149. The summed E-state index contributed by atoms with van der Waals surface area (Å²) in [6.07, 6.45) is 0.107. The molecule has 0 N–H and O–H groups in total. The molecule has 0 aromatic heterocycles. The van der Waals surface area contributed by atoms with Gasteiger partial charge in [0.25, 0.3) is 5.91 Å². The minimum Gasteiger partial charge on any atom is -0.459 e. The van der Waals surface area contributed by atoms with Gasteiger partial charge in [0.1, 0.15) is 13.2 Å². The largest absolute Gasteiger partial charge is 0.459 e.